The van der Waals surface area contributed by atoms with Gasteiger partial charge in [0.25, 0.3) is 5.91 Å². The Morgan fingerprint density at radius 2 is 1.94 bits per heavy atom. The van der Waals surface area contributed by atoms with Crippen LogP contribution in [0, 0.1) is 11.8 Å². The molecule has 0 spiro atoms. The first-order valence-corrected chi connectivity index (χ1v) is 11.7. The van der Waals surface area contributed by atoms with E-state index in [-0.39, 0.29) is 17.7 Å². The molecule has 3 heterocycles. The van der Waals surface area contributed by atoms with Crippen LogP contribution in [0.25, 0.3) is 0 Å². The number of pyridine rings is 1. The van der Waals surface area contributed by atoms with E-state index in [4.69, 9.17) is 5.10 Å². The lowest BCUT2D eigenvalue weighted by molar-refractivity contribution is -0.137. The van der Waals surface area contributed by atoms with Gasteiger partial charge in [-0.15, -0.1) is 0 Å². The molecule has 3 aliphatic rings. The van der Waals surface area contributed by atoms with Crippen LogP contribution in [0.5, 0.6) is 0 Å². The van der Waals surface area contributed by atoms with Gasteiger partial charge in [0.1, 0.15) is 0 Å². The van der Waals surface area contributed by atoms with E-state index in [1.807, 2.05) is 27.8 Å². The summed E-state index contributed by atoms with van der Waals surface area (Å²) in [5.41, 5.74) is 3.38. The van der Waals surface area contributed by atoms with Crippen LogP contribution < -0.4 is 5.32 Å². The quantitative estimate of drug-likeness (QED) is 0.777. The Hall–Kier alpha value is -2.70. The molecule has 1 aliphatic heterocycles. The molecule has 5 rings (SSSR count). The van der Waals surface area contributed by atoms with Crippen molar-refractivity contribution in [3.8, 4) is 0 Å². The van der Waals surface area contributed by atoms with E-state index in [0.717, 1.165) is 62.1 Å². The molecule has 7 nitrogen and oxygen atoms in total. The van der Waals surface area contributed by atoms with Crippen molar-refractivity contribution >= 4 is 11.8 Å². The average molecular weight is 422 g/mol. The number of rotatable bonds is 6. The van der Waals surface area contributed by atoms with Gasteiger partial charge in [-0.05, 0) is 43.7 Å². The fraction of sp³-hybridized carbons (Fsp3) is 0.583. The lowest BCUT2D eigenvalue weighted by Crippen LogP contribution is -2.41. The second-order valence-corrected chi connectivity index (χ2v) is 9.25. The first-order chi connectivity index (χ1) is 15.2. The molecule has 0 bridgehead atoms. The predicted molar refractivity (Wildman–Crippen MR) is 116 cm³/mol. The van der Waals surface area contributed by atoms with E-state index in [1.54, 1.807) is 6.20 Å². The van der Waals surface area contributed by atoms with Crippen LogP contribution in [0.3, 0.4) is 0 Å². The second kappa shape index (κ2) is 8.81. The molecule has 2 amide bonds. The van der Waals surface area contributed by atoms with Crippen LogP contribution >= 0.6 is 0 Å². The third-order valence-electron chi connectivity index (χ3n) is 6.90. The second-order valence-electron chi connectivity index (χ2n) is 9.25. The zero-order valence-electron chi connectivity index (χ0n) is 18.1. The Morgan fingerprint density at radius 1 is 1.10 bits per heavy atom. The third kappa shape index (κ3) is 4.50. The zero-order chi connectivity index (χ0) is 21.2. The van der Waals surface area contributed by atoms with Gasteiger partial charge < -0.3 is 10.2 Å². The lowest BCUT2D eigenvalue weighted by atomic mass is 9.87. The van der Waals surface area contributed by atoms with E-state index < -0.39 is 0 Å². The minimum absolute atomic E-state index is 0.151. The number of amides is 2. The molecule has 1 N–H and O–H groups in total. The van der Waals surface area contributed by atoms with Gasteiger partial charge in [0.05, 0.1) is 12.2 Å². The minimum atomic E-state index is -0.177. The summed E-state index contributed by atoms with van der Waals surface area (Å²) in [5, 5.41) is 7.71. The zero-order valence-corrected chi connectivity index (χ0v) is 18.1. The number of fused-ring (bicyclic) bond motifs is 1. The van der Waals surface area contributed by atoms with Gasteiger partial charge in [0, 0.05) is 49.4 Å². The molecule has 0 unspecified atom stereocenters. The third-order valence-corrected chi connectivity index (χ3v) is 6.90. The first-order valence-electron chi connectivity index (χ1n) is 11.7. The fourth-order valence-corrected chi connectivity index (χ4v) is 4.92. The van der Waals surface area contributed by atoms with Crippen LogP contribution in [0.15, 0.2) is 24.4 Å². The van der Waals surface area contributed by atoms with Gasteiger partial charge in [-0.3, -0.25) is 19.3 Å². The summed E-state index contributed by atoms with van der Waals surface area (Å²) in [6.45, 7) is 2.48. The number of nitrogens with zero attached hydrogens (tertiary/aromatic N) is 4. The number of hydrogen-bond donors (Lipinski definition) is 1. The Labute approximate surface area is 183 Å². The molecule has 2 saturated carbocycles. The van der Waals surface area contributed by atoms with Crippen molar-refractivity contribution in [2.24, 2.45) is 11.8 Å². The van der Waals surface area contributed by atoms with Gasteiger partial charge in [-0.25, -0.2) is 0 Å². The van der Waals surface area contributed by atoms with E-state index in [9.17, 15) is 9.59 Å². The van der Waals surface area contributed by atoms with Crippen molar-refractivity contribution in [1.29, 1.82) is 0 Å². The standard InChI is InChI=1S/C24H31N5O2/c30-23(26-14-19-8-4-5-12-25-19)22-20-16-28(24(31)18-6-2-1-3-7-18)13-11-21(20)29(27-22)15-17-9-10-17/h4-5,8,12,17-18H,1-3,6-7,9-11,13-16H2,(H,26,30). The molecule has 0 aromatic carbocycles. The normalized spacial score (nSPS) is 19.2. The molecular weight excluding hydrogens is 390 g/mol. The molecule has 0 atom stereocenters. The summed E-state index contributed by atoms with van der Waals surface area (Å²) in [4.78, 5) is 32.5. The van der Waals surface area contributed by atoms with Crippen LogP contribution in [0.1, 0.15) is 72.4 Å². The molecule has 2 aliphatic carbocycles. The van der Waals surface area contributed by atoms with Gasteiger partial charge in [-0.2, -0.15) is 5.10 Å². The van der Waals surface area contributed by atoms with E-state index in [0.29, 0.717) is 24.7 Å². The molecule has 2 aromatic heterocycles. The van der Waals surface area contributed by atoms with Crippen molar-refractivity contribution in [2.45, 2.75) is 71.0 Å². The monoisotopic (exact) mass is 421 g/mol. The molecule has 0 saturated heterocycles. The van der Waals surface area contributed by atoms with Crippen LogP contribution in [-0.4, -0.2) is 38.0 Å². The largest absolute Gasteiger partial charge is 0.345 e. The maximum Gasteiger partial charge on any atom is 0.272 e. The number of carbonyl (C=O) groups is 2. The summed E-state index contributed by atoms with van der Waals surface area (Å²) < 4.78 is 2.05. The summed E-state index contributed by atoms with van der Waals surface area (Å²) in [6, 6.07) is 5.67. The number of nitrogens with one attached hydrogen (secondary N) is 1. The van der Waals surface area contributed by atoms with Crippen molar-refractivity contribution < 1.29 is 9.59 Å². The highest BCUT2D eigenvalue weighted by atomic mass is 16.2. The highest BCUT2D eigenvalue weighted by molar-refractivity contribution is 5.94. The van der Waals surface area contributed by atoms with Crippen LogP contribution in [0.4, 0.5) is 0 Å². The molecule has 2 aromatic rings. The van der Waals surface area contributed by atoms with Crippen LogP contribution in [-0.2, 0) is 30.8 Å². The Bertz CT molecular complexity index is 944. The van der Waals surface area contributed by atoms with Gasteiger partial charge in [0.15, 0.2) is 5.69 Å². The van der Waals surface area contributed by atoms with Gasteiger partial charge >= 0.3 is 0 Å². The summed E-state index contributed by atoms with van der Waals surface area (Å²) in [5.74, 6) is 0.914. The summed E-state index contributed by atoms with van der Waals surface area (Å²) in [6.07, 6.45) is 10.5. The molecule has 0 radical (unpaired) electrons. The SMILES string of the molecule is O=C(NCc1ccccn1)c1nn(CC2CC2)c2c1CN(C(=O)C1CCCCC1)CC2. The number of aromatic nitrogens is 3. The van der Waals surface area contributed by atoms with E-state index >= 15 is 0 Å². The van der Waals surface area contributed by atoms with Crippen LogP contribution in [0.2, 0.25) is 0 Å². The van der Waals surface area contributed by atoms with Crippen molar-refractivity contribution in [3.05, 3.63) is 47.0 Å². The number of carbonyl (C=O) groups excluding carboxylic acids is 2. The van der Waals surface area contributed by atoms with E-state index in [2.05, 4.69) is 10.3 Å². The maximum atomic E-state index is 13.1. The van der Waals surface area contributed by atoms with Gasteiger partial charge in [-0.1, -0.05) is 25.3 Å². The molecular formula is C24H31N5O2. The van der Waals surface area contributed by atoms with Crippen molar-refractivity contribution in [3.63, 3.8) is 0 Å². The maximum absolute atomic E-state index is 13.1. The Kier molecular flexibility index (Phi) is 5.74. The molecule has 7 heteroatoms. The molecule has 164 valence electrons. The molecule has 2 fully saturated rings. The van der Waals surface area contributed by atoms with Crippen molar-refractivity contribution in [2.75, 3.05) is 6.54 Å². The van der Waals surface area contributed by atoms with Gasteiger partial charge in [0.2, 0.25) is 5.91 Å². The Balaban J connectivity index is 1.35. The summed E-state index contributed by atoms with van der Waals surface area (Å²) in [7, 11) is 0. The number of hydrogen-bond acceptors (Lipinski definition) is 4. The minimum Gasteiger partial charge on any atom is -0.345 e. The lowest BCUT2D eigenvalue weighted by Gasteiger charge is -2.32. The first kappa shape index (κ1) is 20.2. The summed E-state index contributed by atoms with van der Waals surface area (Å²) >= 11 is 0. The topological polar surface area (TPSA) is 80.1 Å². The smallest absolute Gasteiger partial charge is 0.272 e. The molecule has 31 heavy (non-hydrogen) atoms. The van der Waals surface area contributed by atoms with Crippen molar-refractivity contribution in [1.82, 2.24) is 25.0 Å². The predicted octanol–water partition coefficient (Wildman–Crippen LogP) is 3.08. The highest BCUT2D eigenvalue weighted by Crippen LogP contribution is 2.33. The van der Waals surface area contributed by atoms with E-state index in [1.165, 1.54) is 19.3 Å². The Morgan fingerprint density at radius 3 is 2.68 bits per heavy atom. The average Bonchev–Trinajstić information content (AvgIpc) is 3.57. The highest BCUT2D eigenvalue weighted by Gasteiger charge is 2.34. The fourth-order valence-electron chi connectivity index (χ4n) is 4.92.